The summed E-state index contributed by atoms with van der Waals surface area (Å²) in [5.41, 5.74) is 0.994. The third-order valence-electron chi connectivity index (χ3n) is 2.77. The Morgan fingerprint density at radius 3 is 2.81 bits per heavy atom. The molecule has 2 aromatic rings. The molecule has 1 N–H and O–H groups in total. The van der Waals surface area contributed by atoms with Crippen LogP contribution in [-0.4, -0.2) is 16.5 Å². The molecular weight excluding hydrogens is 270 g/mol. The van der Waals surface area contributed by atoms with E-state index in [-0.39, 0.29) is 11.6 Å². The molecule has 0 bridgehead atoms. The predicted octanol–water partition coefficient (Wildman–Crippen LogP) is 3.91. The van der Waals surface area contributed by atoms with Crippen molar-refractivity contribution >= 4 is 11.5 Å². The zero-order chi connectivity index (χ0) is 15.2. The van der Waals surface area contributed by atoms with Crippen LogP contribution in [0, 0.1) is 17.0 Å². The lowest BCUT2D eigenvalue weighted by atomic mass is 10.2. The standard InChI is InChI=1S/C15H17N3O3/c1-3-7-16-14-9-12(18(19)20)10-15(17-14)21-13-6-4-5-11(2)8-13/h4-6,8-10H,3,7H2,1-2H3,(H,16,17). The molecule has 1 aromatic carbocycles. The number of nitro groups is 1. The Labute approximate surface area is 122 Å². The van der Waals surface area contributed by atoms with Crippen molar-refractivity contribution in [1.82, 2.24) is 4.98 Å². The number of ether oxygens (including phenoxy) is 1. The molecule has 6 nitrogen and oxygen atoms in total. The van der Waals surface area contributed by atoms with Gasteiger partial charge < -0.3 is 10.1 Å². The quantitative estimate of drug-likeness (QED) is 0.643. The highest BCUT2D eigenvalue weighted by Gasteiger charge is 2.12. The van der Waals surface area contributed by atoms with Gasteiger partial charge in [0, 0.05) is 6.54 Å². The first-order chi connectivity index (χ1) is 10.1. The number of aromatic nitrogens is 1. The van der Waals surface area contributed by atoms with Crippen LogP contribution < -0.4 is 10.1 Å². The minimum absolute atomic E-state index is 0.0498. The fourth-order valence-corrected chi connectivity index (χ4v) is 1.79. The first-order valence-electron chi connectivity index (χ1n) is 6.73. The van der Waals surface area contributed by atoms with Crippen LogP contribution in [0.5, 0.6) is 11.6 Å². The highest BCUT2D eigenvalue weighted by atomic mass is 16.6. The van der Waals surface area contributed by atoms with Crippen molar-refractivity contribution in [2.75, 3.05) is 11.9 Å². The van der Waals surface area contributed by atoms with E-state index in [0.717, 1.165) is 12.0 Å². The first-order valence-corrected chi connectivity index (χ1v) is 6.73. The first kappa shape index (κ1) is 14.8. The summed E-state index contributed by atoms with van der Waals surface area (Å²) in [5.74, 6) is 1.24. The summed E-state index contributed by atoms with van der Waals surface area (Å²) >= 11 is 0. The number of nitrogens with one attached hydrogen (secondary N) is 1. The fourth-order valence-electron chi connectivity index (χ4n) is 1.79. The average molecular weight is 287 g/mol. The minimum atomic E-state index is -0.456. The molecule has 0 unspecified atom stereocenters. The minimum Gasteiger partial charge on any atom is -0.439 e. The van der Waals surface area contributed by atoms with E-state index in [1.807, 2.05) is 32.0 Å². The van der Waals surface area contributed by atoms with Gasteiger partial charge in [-0.2, -0.15) is 4.98 Å². The van der Waals surface area contributed by atoms with Crippen molar-refractivity contribution in [3.05, 3.63) is 52.1 Å². The van der Waals surface area contributed by atoms with Gasteiger partial charge in [0.05, 0.1) is 17.1 Å². The molecule has 1 aromatic heterocycles. The largest absolute Gasteiger partial charge is 0.439 e. The molecule has 0 aliphatic rings. The molecular formula is C15H17N3O3. The van der Waals surface area contributed by atoms with Gasteiger partial charge in [-0.3, -0.25) is 10.1 Å². The highest BCUT2D eigenvalue weighted by Crippen LogP contribution is 2.26. The number of pyridine rings is 1. The molecule has 0 aliphatic heterocycles. The van der Waals surface area contributed by atoms with Crippen molar-refractivity contribution in [3.8, 4) is 11.6 Å². The van der Waals surface area contributed by atoms with Gasteiger partial charge in [-0.25, -0.2) is 0 Å². The highest BCUT2D eigenvalue weighted by molar-refractivity contribution is 5.49. The van der Waals surface area contributed by atoms with Crippen LogP contribution in [0.4, 0.5) is 11.5 Å². The molecule has 2 rings (SSSR count). The molecule has 0 amide bonds. The SMILES string of the molecule is CCCNc1cc([N+](=O)[O-])cc(Oc2cccc(C)c2)n1. The molecule has 0 saturated carbocycles. The van der Waals surface area contributed by atoms with Crippen LogP contribution in [0.2, 0.25) is 0 Å². The molecule has 0 spiro atoms. The maximum Gasteiger partial charge on any atom is 0.278 e. The molecule has 21 heavy (non-hydrogen) atoms. The van der Waals surface area contributed by atoms with Crippen LogP contribution in [0.15, 0.2) is 36.4 Å². The summed E-state index contributed by atoms with van der Waals surface area (Å²) in [6.07, 6.45) is 0.901. The number of rotatable bonds is 6. The van der Waals surface area contributed by atoms with Crippen LogP contribution >= 0.6 is 0 Å². The second-order valence-corrected chi connectivity index (χ2v) is 4.65. The van der Waals surface area contributed by atoms with E-state index in [2.05, 4.69) is 10.3 Å². The molecule has 6 heteroatoms. The van der Waals surface area contributed by atoms with E-state index in [1.54, 1.807) is 6.07 Å². The van der Waals surface area contributed by atoms with E-state index in [4.69, 9.17) is 4.74 Å². The van der Waals surface area contributed by atoms with E-state index >= 15 is 0 Å². The fraction of sp³-hybridized carbons (Fsp3) is 0.267. The number of aryl methyl sites for hydroxylation is 1. The van der Waals surface area contributed by atoms with Crippen LogP contribution in [0.1, 0.15) is 18.9 Å². The number of nitrogens with zero attached hydrogens (tertiary/aromatic N) is 2. The van der Waals surface area contributed by atoms with Gasteiger partial charge in [-0.1, -0.05) is 19.1 Å². The zero-order valence-electron chi connectivity index (χ0n) is 12.0. The zero-order valence-corrected chi connectivity index (χ0v) is 12.0. The Hall–Kier alpha value is -2.63. The molecule has 0 fully saturated rings. The summed E-state index contributed by atoms with van der Waals surface area (Å²) in [6.45, 7) is 4.65. The van der Waals surface area contributed by atoms with Crippen molar-refractivity contribution in [1.29, 1.82) is 0 Å². The Balaban J connectivity index is 2.28. The number of hydrogen-bond donors (Lipinski definition) is 1. The van der Waals surface area contributed by atoms with Crippen molar-refractivity contribution in [2.24, 2.45) is 0 Å². The van der Waals surface area contributed by atoms with Crippen LogP contribution in [-0.2, 0) is 0 Å². The normalized spacial score (nSPS) is 10.2. The third kappa shape index (κ3) is 4.17. The van der Waals surface area contributed by atoms with Gasteiger partial charge in [-0.05, 0) is 31.0 Å². The van der Waals surface area contributed by atoms with Gasteiger partial charge in [0.1, 0.15) is 11.6 Å². The van der Waals surface area contributed by atoms with Gasteiger partial charge in [-0.15, -0.1) is 0 Å². The maximum atomic E-state index is 11.0. The number of benzene rings is 1. The molecule has 0 aliphatic carbocycles. The number of hydrogen-bond acceptors (Lipinski definition) is 5. The molecule has 1 heterocycles. The topological polar surface area (TPSA) is 77.3 Å². The summed E-state index contributed by atoms with van der Waals surface area (Å²) in [5, 5.41) is 14.0. The summed E-state index contributed by atoms with van der Waals surface area (Å²) in [4.78, 5) is 14.8. The summed E-state index contributed by atoms with van der Waals surface area (Å²) in [7, 11) is 0. The van der Waals surface area contributed by atoms with Gasteiger partial charge >= 0.3 is 0 Å². The smallest absolute Gasteiger partial charge is 0.278 e. The van der Waals surface area contributed by atoms with Gasteiger partial charge in [0.15, 0.2) is 0 Å². The van der Waals surface area contributed by atoms with Crippen LogP contribution in [0.3, 0.4) is 0 Å². The lowest BCUT2D eigenvalue weighted by Crippen LogP contribution is -2.03. The van der Waals surface area contributed by atoms with Crippen molar-refractivity contribution in [2.45, 2.75) is 20.3 Å². The van der Waals surface area contributed by atoms with Gasteiger partial charge in [0.25, 0.3) is 5.69 Å². The van der Waals surface area contributed by atoms with E-state index in [1.165, 1.54) is 12.1 Å². The molecule has 110 valence electrons. The maximum absolute atomic E-state index is 11.0. The van der Waals surface area contributed by atoms with Crippen LogP contribution in [0.25, 0.3) is 0 Å². The van der Waals surface area contributed by atoms with Gasteiger partial charge in [0.2, 0.25) is 5.88 Å². The Morgan fingerprint density at radius 1 is 1.33 bits per heavy atom. The molecule has 0 radical (unpaired) electrons. The monoisotopic (exact) mass is 287 g/mol. The second kappa shape index (κ2) is 6.69. The van der Waals surface area contributed by atoms with E-state index < -0.39 is 4.92 Å². The molecule has 0 atom stereocenters. The van der Waals surface area contributed by atoms with Crippen molar-refractivity contribution < 1.29 is 9.66 Å². The van der Waals surface area contributed by atoms with E-state index in [0.29, 0.717) is 18.1 Å². The Kier molecular flexibility index (Phi) is 4.71. The average Bonchev–Trinajstić information content (AvgIpc) is 2.45. The van der Waals surface area contributed by atoms with E-state index in [9.17, 15) is 10.1 Å². The lowest BCUT2D eigenvalue weighted by Gasteiger charge is -2.08. The number of anilines is 1. The lowest BCUT2D eigenvalue weighted by molar-refractivity contribution is -0.384. The Morgan fingerprint density at radius 2 is 2.14 bits per heavy atom. The second-order valence-electron chi connectivity index (χ2n) is 4.65. The third-order valence-corrected chi connectivity index (χ3v) is 2.77. The molecule has 0 saturated heterocycles. The predicted molar refractivity (Wildman–Crippen MR) is 80.9 cm³/mol. The Bertz CT molecular complexity index is 644. The summed E-state index contributed by atoms with van der Waals surface area (Å²) in [6, 6.07) is 10.2. The van der Waals surface area contributed by atoms with Crippen molar-refractivity contribution in [3.63, 3.8) is 0 Å². The summed E-state index contributed by atoms with van der Waals surface area (Å²) < 4.78 is 5.62.